The van der Waals surface area contributed by atoms with Gasteiger partial charge in [-0.15, -0.1) is 0 Å². The van der Waals surface area contributed by atoms with E-state index in [1.165, 1.54) is 31.6 Å². The molecular formula is C26H23F3N8O. The Bertz CT molecular complexity index is 1550. The zero-order valence-electron chi connectivity index (χ0n) is 20.6. The molecule has 4 aromatic heterocycles. The van der Waals surface area contributed by atoms with Crippen LogP contribution in [0.25, 0.3) is 22.4 Å². The van der Waals surface area contributed by atoms with Crippen molar-refractivity contribution in [1.82, 2.24) is 24.7 Å². The lowest BCUT2D eigenvalue weighted by molar-refractivity contribution is -0.140. The number of alkyl halides is 3. The number of anilines is 3. The van der Waals surface area contributed by atoms with Crippen molar-refractivity contribution in [3.05, 3.63) is 66.4 Å². The molecule has 6 heterocycles. The van der Waals surface area contributed by atoms with Crippen molar-refractivity contribution in [2.45, 2.75) is 25.6 Å². The molecule has 0 radical (unpaired) electrons. The van der Waals surface area contributed by atoms with Gasteiger partial charge in [-0.1, -0.05) is 0 Å². The minimum atomic E-state index is -4.62. The van der Waals surface area contributed by atoms with Gasteiger partial charge in [0.2, 0.25) is 0 Å². The molecule has 0 aliphatic carbocycles. The van der Waals surface area contributed by atoms with Crippen LogP contribution in [-0.2, 0) is 13.2 Å². The molecule has 2 aliphatic heterocycles. The highest BCUT2D eigenvalue weighted by Crippen LogP contribution is 2.41. The van der Waals surface area contributed by atoms with E-state index in [-0.39, 0.29) is 23.0 Å². The third kappa shape index (κ3) is 4.21. The van der Waals surface area contributed by atoms with Crippen molar-refractivity contribution in [2.24, 2.45) is 7.05 Å². The van der Waals surface area contributed by atoms with Gasteiger partial charge in [0.25, 0.3) is 0 Å². The van der Waals surface area contributed by atoms with Crippen LogP contribution in [0.15, 0.2) is 55.0 Å². The highest BCUT2D eigenvalue weighted by Gasteiger charge is 2.41. The Hall–Kier alpha value is -4.48. The first-order valence-corrected chi connectivity index (χ1v) is 12.0. The number of hydrogen-bond acceptors (Lipinski definition) is 6. The van der Waals surface area contributed by atoms with Gasteiger partial charge in [-0.3, -0.25) is 19.9 Å². The largest absolute Gasteiger partial charge is 0.435 e. The Kier molecular flexibility index (Phi) is 5.55. The number of carbonyl (C=O) groups is 1. The first kappa shape index (κ1) is 23.9. The number of urea groups is 1. The first-order valence-electron chi connectivity index (χ1n) is 12.0. The van der Waals surface area contributed by atoms with E-state index in [1.54, 1.807) is 11.1 Å². The monoisotopic (exact) mass is 520 g/mol. The minimum Gasteiger partial charge on any atom is -0.366 e. The second kappa shape index (κ2) is 8.82. The molecule has 194 valence electrons. The van der Waals surface area contributed by atoms with Crippen molar-refractivity contribution in [3.63, 3.8) is 0 Å². The van der Waals surface area contributed by atoms with E-state index in [9.17, 15) is 18.0 Å². The lowest BCUT2D eigenvalue weighted by Gasteiger charge is -2.35. The first-order chi connectivity index (χ1) is 18.2. The summed E-state index contributed by atoms with van der Waals surface area (Å²) in [6.45, 7) is 3.37. The molecule has 1 unspecified atom stereocenters. The van der Waals surface area contributed by atoms with Crippen LogP contribution in [-0.4, -0.2) is 49.9 Å². The van der Waals surface area contributed by atoms with Crippen molar-refractivity contribution >= 4 is 23.4 Å². The van der Waals surface area contributed by atoms with Gasteiger partial charge >= 0.3 is 12.2 Å². The summed E-state index contributed by atoms with van der Waals surface area (Å²) in [5.41, 5.74) is 2.47. The van der Waals surface area contributed by atoms with E-state index in [2.05, 4.69) is 25.3 Å². The third-order valence-electron chi connectivity index (χ3n) is 6.77. The third-order valence-corrected chi connectivity index (χ3v) is 6.77. The number of halogens is 3. The summed E-state index contributed by atoms with van der Waals surface area (Å²) in [6, 6.07) is 10.0. The smallest absolute Gasteiger partial charge is 0.366 e. The molecule has 2 amide bonds. The van der Waals surface area contributed by atoms with Gasteiger partial charge in [-0.05, 0) is 55.3 Å². The summed E-state index contributed by atoms with van der Waals surface area (Å²) in [6.07, 6.45) is 0.526. The average Bonchev–Trinajstić information content (AvgIpc) is 3.48. The normalized spacial score (nSPS) is 16.5. The predicted molar refractivity (Wildman–Crippen MR) is 136 cm³/mol. The Labute approximate surface area is 216 Å². The van der Waals surface area contributed by atoms with Crippen LogP contribution < -0.4 is 15.1 Å². The maximum atomic E-state index is 13.6. The highest BCUT2D eigenvalue weighted by molar-refractivity contribution is 6.04. The second-order valence-corrected chi connectivity index (χ2v) is 9.41. The molecular weight excluding hydrogens is 497 g/mol. The molecule has 38 heavy (non-hydrogen) atoms. The van der Waals surface area contributed by atoms with Crippen LogP contribution in [0.4, 0.5) is 35.3 Å². The fourth-order valence-electron chi connectivity index (χ4n) is 5.08. The molecule has 0 saturated carbocycles. The van der Waals surface area contributed by atoms with Crippen LogP contribution in [0.3, 0.4) is 0 Å². The lowest BCUT2D eigenvalue weighted by atomic mass is 10.1. The topological polar surface area (TPSA) is 92.1 Å². The quantitative estimate of drug-likeness (QED) is 0.413. The van der Waals surface area contributed by atoms with Crippen molar-refractivity contribution in [2.75, 3.05) is 28.2 Å². The molecule has 1 N–H and O–H groups in total. The number of amides is 2. The number of nitrogens with one attached hydrogen (secondary N) is 1. The molecule has 1 saturated heterocycles. The van der Waals surface area contributed by atoms with Gasteiger partial charge in [-0.2, -0.15) is 18.3 Å². The van der Waals surface area contributed by atoms with Crippen LogP contribution in [0.1, 0.15) is 17.8 Å². The van der Waals surface area contributed by atoms with Gasteiger partial charge in [0, 0.05) is 55.5 Å². The number of fused-ring (bicyclic) bond motifs is 4. The van der Waals surface area contributed by atoms with Gasteiger partial charge in [0.1, 0.15) is 5.82 Å². The summed E-state index contributed by atoms with van der Waals surface area (Å²) in [5.74, 6) is 0.665. The highest BCUT2D eigenvalue weighted by atomic mass is 19.4. The lowest BCUT2D eigenvalue weighted by Crippen LogP contribution is -2.48. The van der Waals surface area contributed by atoms with E-state index in [4.69, 9.17) is 4.98 Å². The number of aryl methyl sites for hydroxylation is 2. The van der Waals surface area contributed by atoms with E-state index in [1.807, 2.05) is 31.2 Å². The number of pyridine rings is 3. The Morgan fingerprint density at radius 3 is 2.66 bits per heavy atom. The summed E-state index contributed by atoms with van der Waals surface area (Å²) in [5, 5.41) is 6.35. The fraction of sp³-hybridized carbons (Fsp3) is 0.269. The molecule has 6 rings (SSSR count). The molecule has 4 aromatic rings. The molecule has 9 nitrogen and oxygen atoms in total. The van der Waals surface area contributed by atoms with Crippen LogP contribution in [0, 0.1) is 6.92 Å². The van der Waals surface area contributed by atoms with Gasteiger partial charge in [0.15, 0.2) is 11.5 Å². The molecule has 2 aliphatic rings. The maximum absolute atomic E-state index is 13.6. The SMILES string of the molecule is Cc1cc(-c2ccc3c(n2)N(C(=O)Nc2cc(-c4cn(C)nc4C(F)(F)F)ccn2)C2CCN3C2)ccn1. The molecule has 2 bridgehead atoms. The van der Waals surface area contributed by atoms with E-state index in [0.717, 1.165) is 34.6 Å². The van der Waals surface area contributed by atoms with Crippen molar-refractivity contribution in [3.8, 4) is 22.4 Å². The molecule has 12 heteroatoms. The number of carbonyl (C=O) groups excluding carboxylic acids is 1. The molecule has 1 fully saturated rings. The Morgan fingerprint density at radius 2 is 1.87 bits per heavy atom. The number of aromatic nitrogens is 5. The van der Waals surface area contributed by atoms with Crippen LogP contribution in [0.5, 0.6) is 0 Å². The van der Waals surface area contributed by atoms with E-state index >= 15 is 0 Å². The number of hydrogen-bond donors (Lipinski definition) is 1. The zero-order chi connectivity index (χ0) is 26.6. The fourth-order valence-corrected chi connectivity index (χ4v) is 5.08. The van der Waals surface area contributed by atoms with Gasteiger partial charge < -0.3 is 4.90 Å². The molecule has 1 atom stereocenters. The summed E-state index contributed by atoms with van der Waals surface area (Å²) in [7, 11) is 1.43. The standard InChI is InChI=1S/C26H23F3N8O/c1-15-11-17(6-8-30-15)20-3-4-21-24(32-20)37(18-7-10-36(21)13-18)25(38)33-22-12-16(5-9-31-22)19-14-35(2)34-23(19)26(27,28)29/h3-6,8-9,11-12,14,18H,7,10,13H2,1-2H3,(H,31,33,38). The van der Waals surface area contributed by atoms with Crippen molar-refractivity contribution in [1.29, 1.82) is 0 Å². The van der Waals surface area contributed by atoms with E-state index in [0.29, 0.717) is 18.1 Å². The number of nitrogens with zero attached hydrogens (tertiary/aromatic N) is 7. The van der Waals surface area contributed by atoms with Crippen LogP contribution in [0.2, 0.25) is 0 Å². The second-order valence-electron chi connectivity index (χ2n) is 9.41. The molecule has 0 spiro atoms. The summed E-state index contributed by atoms with van der Waals surface area (Å²) < 4.78 is 41.7. The Morgan fingerprint density at radius 1 is 1.08 bits per heavy atom. The van der Waals surface area contributed by atoms with E-state index < -0.39 is 17.9 Å². The predicted octanol–water partition coefficient (Wildman–Crippen LogP) is 4.90. The Balaban J connectivity index is 1.33. The van der Waals surface area contributed by atoms with Crippen molar-refractivity contribution < 1.29 is 18.0 Å². The summed E-state index contributed by atoms with van der Waals surface area (Å²) >= 11 is 0. The molecule has 0 aromatic carbocycles. The summed E-state index contributed by atoms with van der Waals surface area (Å²) in [4.78, 5) is 30.7. The maximum Gasteiger partial charge on any atom is 0.435 e. The van der Waals surface area contributed by atoms with Gasteiger partial charge in [0.05, 0.1) is 17.4 Å². The zero-order valence-corrected chi connectivity index (χ0v) is 20.6. The average molecular weight is 521 g/mol. The minimum absolute atomic E-state index is 0.0911. The number of rotatable bonds is 3. The van der Waals surface area contributed by atoms with Gasteiger partial charge in [-0.25, -0.2) is 14.8 Å². The van der Waals surface area contributed by atoms with Crippen LogP contribution >= 0.6 is 0 Å².